The number of aryl methyl sites for hydroxylation is 1. The minimum atomic E-state index is -0.734. The highest BCUT2D eigenvalue weighted by Gasteiger charge is 2.28. The van der Waals surface area contributed by atoms with E-state index in [1.165, 1.54) is 0 Å². The number of thiophene rings is 1. The van der Waals surface area contributed by atoms with E-state index in [4.69, 9.17) is 15.0 Å². The summed E-state index contributed by atoms with van der Waals surface area (Å²) in [4.78, 5) is 5.38. The van der Waals surface area contributed by atoms with Crippen molar-refractivity contribution in [2.24, 2.45) is 5.73 Å². The van der Waals surface area contributed by atoms with Crippen LogP contribution < -0.4 is 5.73 Å². The van der Waals surface area contributed by atoms with Gasteiger partial charge in [-0.3, -0.25) is 0 Å². The van der Waals surface area contributed by atoms with Gasteiger partial charge in [0.2, 0.25) is 0 Å². The lowest BCUT2D eigenvalue weighted by Gasteiger charge is -2.19. The van der Waals surface area contributed by atoms with Crippen LogP contribution in [-0.2, 0) is 10.3 Å². The van der Waals surface area contributed by atoms with Crippen LogP contribution >= 0.6 is 11.3 Å². The molecule has 1 unspecified atom stereocenters. The van der Waals surface area contributed by atoms with Crippen molar-refractivity contribution in [3.8, 4) is 10.8 Å². The Bertz CT molecular complexity index is 533. The van der Waals surface area contributed by atoms with Crippen LogP contribution in [0.3, 0.4) is 0 Å². The van der Waals surface area contributed by atoms with Crippen LogP contribution in [0.15, 0.2) is 16.0 Å². The molecule has 0 aromatic carbocycles. The van der Waals surface area contributed by atoms with Gasteiger partial charge in [-0.05, 0) is 37.3 Å². The number of hydrogen-bond donors (Lipinski definition) is 1. The zero-order valence-corrected chi connectivity index (χ0v) is 12.3. The largest absolute Gasteiger partial charge is 0.379 e. The zero-order chi connectivity index (χ0) is 13.9. The van der Waals surface area contributed by atoms with E-state index >= 15 is 0 Å². The molecule has 0 amide bonds. The third kappa shape index (κ3) is 3.20. The van der Waals surface area contributed by atoms with Crippen molar-refractivity contribution in [3.63, 3.8) is 0 Å². The van der Waals surface area contributed by atoms with Crippen LogP contribution in [0.25, 0.3) is 10.8 Å². The minimum Gasteiger partial charge on any atom is -0.379 e. The topological polar surface area (TPSA) is 74.2 Å². The van der Waals surface area contributed by atoms with Gasteiger partial charge in [0.1, 0.15) is 5.54 Å². The van der Waals surface area contributed by atoms with E-state index in [0.29, 0.717) is 24.9 Å². The number of nitrogens with zero attached hydrogens (tertiary/aromatic N) is 2. The van der Waals surface area contributed by atoms with Gasteiger partial charge in [0, 0.05) is 6.61 Å². The fourth-order valence-electron chi connectivity index (χ4n) is 1.63. The third-order valence-corrected chi connectivity index (χ3v) is 3.75. The maximum Gasteiger partial charge on any atom is 0.268 e. The molecule has 0 spiro atoms. The summed E-state index contributed by atoms with van der Waals surface area (Å²) < 4.78 is 10.8. The van der Waals surface area contributed by atoms with Gasteiger partial charge in [0.25, 0.3) is 5.89 Å². The summed E-state index contributed by atoms with van der Waals surface area (Å²) in [7, 11) is 0. The summed E-state index contributed by atoms with van der Waals surface area (Å²) in [6.45, 7) is 6.98. The molecule has 2 aromatic heterocycles. The van der Waals surface area contributed by atoms with E-state index in [0.717, 1.165) is 16.9 Å². The van der Waals surface area contributed by atoms with Crippen molar-refractivity contribution in [3.05, 3.63) is 22.8 Å². The normalized spacial score (nSPS) is 14.5. The Hall–Kier alpha value is -1.24. The van der Waals surface area contributed by atoms with Crippen molar-refractivity contribution in [1.82, 2.24) is 10.1 Å². The predicted octanol–water partition coefficient (Wildman–Crippen LogP) is 2.71. The Morgan fingerprint density at radius 2 is 2.32 bits per heavy atom. The van der Waals surface area contributed by atoms with Gasteiger partial charge in [0.15, 0.2) is 5.82 Å². The SMILES string of the molecule is CCCOCC(C)(N)c1noc(-c2sccc2C)n1. The molecule has 2 N–H and O–H groups in total. The predicted molar refractivity (Wildman–Crippen MR) is 75.0 cm³/mol. The van der Waals surface area contributed by atoms with Crippen LogP contribution in [0.1, 0.15) is 31.7 Å². The first-order valence-corrected chi connectivity index (χ1v) is 7.18. The zero-order valence-electron chi connectivity index (χ0n) is 11.5. The summed E-state index contributed by atoms with van der Waals surface area (Å²) in [5, 5.41) is 5.98. The van der Waals surface area contributed by atoms with Gasteiger partial charge in [-0.25, -0.2) is 0 Å². The molecule has 0 fully saturated rings. The highest BCUT2D eigenvalue weighted by molar-refractivity contribution is 7.13. The smallest absolute Gasteiger partial charge is 0.268 e. The fourth-order valence-corrected chi connectivity index (χ4v) is 2.48. The molecule has 0 aliphatic rings. The molecule has 6 heteroatoms. The Labute approximate surface area is 116 Å². The summed E-state index contributed by atoms with van der Waals surface area (Å²) in [5.41, 5.74) is 6.57. The first kappa shape index (κ1) is 14.2. The second-order valence-corrected chi connectivity index (χ2v) is 5.74. The lowest BCUT2D eigenvalue weighted by Crippen LogP contribution is -2.39. The Morgan fingerprint density at radius 3 is 2.95 bits per heavy atom. The number of nitrogens with two attached hydrogens (primary N) is 1. The molecule has 0 saturated carbocycles. The highest BCUT2D eigenvalue weighted by Crippen LogP contribution is 2.28. The Morgan fingerprint density at radius 1 is 1.53 bits per heavy atom. The van der Waals surface area contributed by atoms with E-state index in [2.05, 4.69) is 17.1 Å². The van der Waals surface area contributed by atoms with Crippen molar-refractivity contribution < 1.29 is 9.26 Å². The molecule has 0 aliphatic carbocycles. The summed E-state index contributed by atoms with van der Waals surface area (Å²) in [5.74, 6) is 1.00. The standard InChI is InChI=1S/C13H19N3O2S/c1-4-6-17-8-13(3,14)12-15-11(18-16-12)10-9(2)5-7-19-10/h5,7H,4,6,8,14H2,1-3H3. The number of ether oxygens (including phenoxy) is 1. The molecule has 2 aromatic rings. The molecule has 19 heavy (non-hydrogen) atoms. The summed E-state index contributed by atoms with van der Waals surface area (Å²) >= 11 is 1.58. The maximum absolute atomic E-state index is 6.18. The second kappa shape index (κ2) is 5.81. The average molecular weight is 281 g/mol. The average Bonchev–Trinajstić information content (AvgIpc) is 2.97. The molecule has 0 radical (unpaired) electrons. The van der Waals surface area contributed by atoms with Gasteiger partial charge < -0.3 is 15.0 Å². The highest BCUT2D eigenvalue weighted by atomic mass is 32.1. The lowest BCUT2D eigenvalue weighted by atomic mass is 10.1. The summed E-state index contributed by atoms with van der Waals surface area (Å²) in [6.07, 6.45) is 0.960. The van der Waals surface area contributed by atoms with Crippen LogP contribution in [0.5, 0.6) is 0 Å². The van der Waals surface area contributed by atoms with E-state index < -0.39 is 5.54 Å². The molecular weight excluding hydrogens is 262 g/mol. The van der Waals surface area contributed by atoms with Gasteiger partial charge >= 0.3 is 0 Å². The number of aromatic nitrogens is 2. The molecule has 1 atom stereocenters. The van der Waals surface area contributed by atoms with Crippen LogP contribution in [-0.4, -0.2) is 23.4 Å². The molecule has 0 bridgehead atoms. The number of hydrogen-bond acceptors (Lipinski definition) is 6. The van der Waals surface area contributed by atoms with Gasteiger partial charge in [-0.1, -0.05) is 12.1 Å². The van der Waals surface area contributed by atoms with Crippen LogP contribution in [0.2, 0.25) is 0 Å². The molecule has 0 saturated heterocycles. The molecular formula is C13H19N3O2S. The van der Waals surface area contributed by atoms with Crippen LogP contribution in [0.4, 0.5) is 0 Å². The number of rotatable bonds is 6. The molecule has 2 rings (SSSR count). The monoisotopic (exact) mass is 281 g/mol. The minimum absolute atomic E-state index is 0.378. The van der Waals surface area contributed by atoms with Crippen molar-refractivity contribution in [2.75, 3.05) is 13.2 Å². The van der Waals surface area contributed by atoms with E-state index in [1.54, 1.807) is 11.3 Å². The molecule has 2 heterocycles. The maximum atomic E-state index is 6.18. The Kier molecular flexibility index (Phi) is 4.34. The molecule has 5 nitrogen and oxygen atoms in total. The van der Waals surface area contributed by atoms with Gasteiger partial charge in [-0.2, -0.15) is 4.98 Å². The molecule has 0 aliphatic heterocycles. The van der Waals surface area contributed by atoms with Gasteiger partial charge in [-0.15, -0.1) is 11.3 Å². The second-order valence-electron chi connectivity index (χ2n) is 4.83. The lowest BCUT2D eigenvalue weighted by molar-refractivity contribution is 0.0867. The van der Waals surface area contributed by atoms with E-state index in [1.807, 2.05) is 25.3 Å². The quantitative estimate of drug-likeness (QED) is 0.824. The Balaban J connectivity index is 2.14. The first-order chi connectivity index (χ1) is 9.04. The first-order valence-electron chi connectivity index (χ1n) is 6.30. The van der Waals surface area contributed by atoms with Crippen molar-refractivity contribution in [2.45, 2.75) is 32.7 Å². The summed E-state index contributed by atoms with van der Waals surface area (Å²) in [6, 6.07) is 2.02. The van der Waals surface area contributed by atoms with E-state index in [9.17, 15) is 0 Å². The van der Waals surface area contributed by atoms with Gasteiger partial charge in [0.05, 0.1) is 11.5 Å². The fraction of sp³-hybridized carbons (Fsp3) is 0.538. The van der Waals surface area contributed by atoms with Crippen molar-refractivity contribution >= 4 is 11.3 Å². The van der Waals surface area contributed by atoms with Crippen molar-refractivity contribution in [1.29, 1.82) is 0 Å². The molecule has 104 valence electrons. The van der Waals surface area contributed by atoms with E-state index in [-0.39, 0.29) is 0 Å². The van der Waals surface area contributed by atoms with Crippen LogP contribution in [0, 0.1) is 6.92 Å². The third-order valence-electron chi connectivity index (χ3n) is 2.74.